The van der Waals surface area contributed by atoms with Crippen molar-refractivity contribution in [1.29, 1.82) is 0 Å². The molecule has 130 valence electrons. The lowest BCUT2D eigenvalue weighted by molar-refractivity contribution is 0.154. The van der Waals surface area contributed by atoms with Crippen LogP contribution in [0.15, 0.2) is 24.6 Å². The third-order valence-corrected chi connectivity index (χ3v) is 16.6. The molecular weight excluding hydrogens is 304 g/mol. The zero-order valence-electron chi connectivity index (χ0n) is 16.1. The smallest absolute Gasteiger partial charge is 0.0962 e. The van der Waals surface area contributed by atoms with Crippen LogP contribution in [-0.4, -0.2) is 103 Å². The molecule has 6 heteroatoms. The molecule has 0 N–H and O–H groups in total. The minimum atomic E-state index is -1.21. The quantitative estimate of drug-likeness (QED) is 0.405. The first kappa shape index (κ1) is 21.8. The van der Waals surface area contributed by atoms with E-state index in [9.17, 15) is 0 Å². The van der Waals surface area contributed by atoms with Gasteiger partial charge in [0.2, 0.25) is 0 Å². The van der Waals surface area contributed by atoms with Crippen LogP contribution in [0.2, 0.25) is 0 Å². The van der Waals surface area contributed by atoms with Crippen LogP contribution in [0.3, 0.4) is 0 Å². The fourth-order valence-electron chi connectivity index (χ4n) is 3.40. The minimum Gasteiger partial charge on any atom is -0.297 e. The fourth-order valence-corrected chi connectivity index (χ4v) is 16.4. The molecule has 22 heavy (non-hydrogen) atoms. The van der Waals surface area contributed by atoms with Crippen LogP contribution < -0.4 is 0 Å². The van der Waals surface area contributed by atoms with Crippen molar-refractivity contribution in [2.75, 3.05) is 55.4 Å². The largest absolute Gasteiger partial charge is 0.297 e. The van der Waals surface area contributed by atoms with Crippen LogP contribution in [0.1, 0.15) is 13.8 Å². The predicted octanol–water partition coefficient (Wildman–Crippen LogP) is 0.727. The Kier molecular flexibility index (Phi) is 10.4. The van der Waals surface area contributed by atoms with Crippen LogP contribution in [0.4, 0.5) is 0 Å². The van der Waals surface area contributed by atoms with Gasteiger partial charge in [-0.2, -0.15) is 0 Å². The highest BCUT2D eigenvalue weighted by molar-refractivity contribution is 7.27. The summed E-state index contributed by atoms with van der Waals surface area (Å²) in [7, 11) is 10.8. The van der Waals surface area contributed by atoms with E-state index in [4.69, 9.17) is 0 Å². The topological polar surface area (TPSA) is 13.0 Å². The van der Waals surface area contributed by atoms with E-state index in [-0.39, 0.29) is 0 Å². The molecular formula is C16H38N4Si2. The number of rotatable bonds is 11. The van der Waals surface area contributed by atoms with Gasteiger partial charge in [-0.1, -0.05) is 13.8 Å². The number of hydrogen-bond acceptors (Lipinski definition) is 4. The summed E-state index contributed by atoms with van der Waals surface area (Å²) in [5.74, 6) is 1.01. The zero-order valence-corrected chi connectivity index (χ0v) is 18.4. The molecule has 0 fully saturated rings. The Morgan fingerprint density at radius 3 is 1.27 bits per heavy atom. The summed E-state index contributed by atoms with van der Waals surface area (Å²) in [4.78, 5) is 9.70. The average molecular weight is 343 g/mol. The van der Waals surface area contributed by atoms with E-state index < -0.39 is 16.6 Å². The molecule has 0 spiro atoms. The lowest BCUT2D eigenvalue weighted by Gasteiger charge is -2.44. The van der Waals surface area contributed by atoms with E-state index in [0.717, 1.165) is 13.1 Å². The Labute approximate surface area is 142 Å². The first-order valence-electron chi connectivity index (χ1n) is 8.25. The Morgan fingerprint density at radius 2 is 1.05 bits per heavy atom. The van der Waals surface area contributed by atoms with Crippen molar-refractivity contribution in [3.05, 3.63) is 24.6 Å². The Balaban J connectivity index is 5.71. The molecule has 0 aliphatic heterocycles. The van der Waals surface area contributed by atoms with E-state index in [1.54, 1.807) is 0 Å². The molecule has 0 saturated carbocycles. The lowest BCUT2D eigenvalue weighted by Crippen LogP contribution is -2.66. The van der Waals surface area contributed by atoms with Crippen LogP contribution in [0, 0.1) is 0 Å². The van der Waals surface area contributed by atoms with Crippen molar-refractivity contribution in [3.8, 4) is 0 Å². The van der Waals surface area contributed by atoms with Crippen LogP contribution in [-0.2, 0) is 0 Å². The standard InChI is InChI=1S/C16H38N4Si2/c1-11-19(9)16(20(10)12-2)22(14-4)21(13-3)15(17(5)6)18(7)8/h13-16,21-22H,3-4,11-12H2,1-2,5-10H3. The Morgan fingerprint density at radius 1 is 0.727 bits per heavy atom. The van der Waals surface area contributed by atoms with Crippen LogP contribution >= 0.6 is 0 Å². The molecule has 0 saturated heterocycles. The molecule has 0 aromatic heterocycles. The molecule has 0 aromatic rings. The molecule has 0 bridgehead atoms. The second kappa shape index (κ2) is 10.5. The highest BCUT2D eigenvalue weighted by Gasteiger charge is 2.38. The van der Waals surface area contributed by atoms with Gasteiger partial charge in [0.15, 0.2) is 0 Å². The van der Waals surface area contributed by atoms with Crippen molar-refractivity contribution >= 4 is 16.6 Å². The molecule has 0 aliphatic rings. The van der Waals surface area contributed by atoms with Gasteiger partial charge in [0.1, 0.15) is 0 Å². The molecule has 4 nitrogen and oxygen atoms in total. The average Bonchev–Trinajstić information content (AvgIpc) is 2.48. The summed E-state index contributed by atoms with van der Waals surface area (Å²) >= 11 is 0. The third kappa shape index (κ3) is 5.43. The number of nitrogens with zero attached hydrogens (tertiary/aromatic N) is 4. The summed E-state index contributed by atoms with van der Waals surface area (Å²) in [5.41, 5.74) is 4.60. The fraction of sp³-hybridized carbons (Fsp3) is 0.750. The van der Waals surface area contributed by atoms with Crippen molar-refractivity contribution < 1.29 is 0 Å². The first-order valence-corrected chi connectivity index (χ1v) is 13.6. The van der Waals surface area contributed by atoms with Gasteiger partial charge < -0.3 is 0 Å². The summed E-state index contributed by atoms with van der Waals surface area (Å²) in [5, 5.41) is 0. The molecule has 0 radical (unpaired) electrons. The summed E-state index contributed by atoms with van der Waals surface area (Å²) in [6.45, 7) is 15.1. The molecule has 0 heterocycles. The number of hydrogen-bond donors (Lipinski definition) is 0. The second-order valence-electron chi connectivity index (χ2n) is 6.53. The summed E-state index contributed by atoms with van der Waals surface area (Å²) in [6.07, 6.45) is 0. The normalized spacial score (nSPS) is 15.4. The van der Waals surface area contributed by atoms with Crippen molar-refractivity contribution in [2.24, 2.45) is 0 Å². The van der Waals surface area contributed by atoms with Gasteiger partial charge in [-0.3, -0.25) is 19.6 Å². The van der Waals surface area contributed by atoms with Crippen molar-refractivity contribution in [1.82, 2.24) is 19.6 Å². The van der Waals surface area contributed by atoms with Gasteiger partial charge in [-0.25, -0.2) is 0 Å². The molecule has 0 aliphatic carbocycles. The van der Waals surface area contributed by atoms with Crippen molar-refractivity contribution in [2.45, 2.75) is 25.4 Å². The van der Waals surface area contributed by atoms with Crippen LogP contribution in [0.5, 0.6) is 0 Å². The molecule has 0 rings (SSSR count). The molecule has 2 atom stereocenters. The SMILES string of the molecule is C=C[SiH](C(N(C)C)N(C)C)[SiH](C=C)C(N(C)CC)N(C)CC. The van der Waals surface area contributed by atoms with E-state index in [2.05, 4.69) is 100 Å². The molecule has 0 amide bonds. The highest BCUT2D eigenvalue weighted by atomic mass is 29.2. The van der Waals surface area contributed by atoms with Gasteiger partial charge in [-0.15, -0.1) is 24.6 Å². The van der Waals surface area contributed by atoms with Crippen LogP contribution in [0.25, 0.3) is 0 Å². The van der Waals surface area contributed by atoms with Gasteiger partial charge >= 0.3 is 0 Å². The van der Waals surface area contributed by atoms with Gasteiger partial charge in [0.25, 0.3) is 0 Å². The zero-order chi connectivity index (χ0) is 17.4. The maximum Gasteiger partial charge on any atom is 0.0962 e. The monoisotopic (exact) mass is 342 g/mol. The van der Waals surface area contributed by atoms with Gasteiger partial charge in [0.05, 0.1) is 16.6 Å². The highest BCUT2D eigenvalue weighted by Crippen LogP contribution is 2.16. The summed E-state index contributed by atoms with van der Waals surface area (Å²) in [6, 6.07) is 0. The van der Waals surface area contributed by atoms with E-state index in [1.165, 1.54) is 0 Å². The Bertz CT molecular complexity index is 318. The maximum atomic E-state index is 4.24. The maximum absolute atomic E-state index is 4.24. The molecule has 0 aromatic carbocycles. The van der Waals surface area contributed by atoms with Crippen molar-refractivity contribution in [3.63, 3.8) is 0 Å². The lowest BCUT2D eigenvalue weighted by atomic mass is 10.6. The van der Waals surface area contributed by atoms with E-state index in [0.29, 0.717) is 11.6 Å². The summed E-state index contributed by atoms with van der Waals surface area (Å²) < 4.78 is 0. The minimum absolute atomic E-state index is 0.491. The van der Waals surface area contributed by atoms with E-state index in [1.807, 2.05) is 0 Å². The second-order valence-corrected chi connectivity index (χ2v) is 15.6. The Hall–Kier alpha value is -0.246. The predicted molar refractivity (Wildman–Crippen MR) is 106 cm³/mol. The molecule has 2 unspecified atom stereocenters. The van der Waals surface area contributed by atoms with E-state index >= 15 is 0 Å². The first-order chi connectivity index (χ1) is 10.3. The third-order valence-electron chi connectivity index (χ3n) is 4.64. The van der Waals surface area contributed by atoms with Gasteiger partial charge in [-0.05, 0) is 55.4 Å². The van der Waals surface area contributed by atoms with Gasteiger partial charge in [0, 0.05) is 11.6 Å².